The number of hydroxylamine groups is 2. The molecule has 0 atom stereocenters. The monoisotopic (exact) mass is 294 g/mol. The number of thioether (sulfide) groups is 1. The van der Waals surface area contributed by atoms with Crippen LogP contribution in [0.4, 0.5) is 0 Å². The fourth-order valence-electron chi connectivity index (χ4n) is 1.48. The number of amides is 1. The molecule has 0 saturated heterocycles. The molecule has 0 N–H and O–H groups in total. The smallest absolute Gasteiger partial charge is 0.274 e. The van der Waals surface area contributed by atoms with E-state index in [0.717, 1.165) is 16.3 Å². The first-order valence-electron chi connectivity index (χ1n) is 5.63. The number of carbonyl (C=O) groups is 1. The van der Waals surface area contributed by atoms with Gasteiger partial charge in [0.1, 0.15) is 0 Å². The van der Waals surface area contributed by atoms with Crippen LogP contribution in [0.2, 0.25) is 0 Å². The normalized spacial score (nSPS) is 10.4. The lowest BCUT2D eigenvalue weighted by atomic mass is 10.2. The van der Waals surface area contributed by atoms with Crippen LogP contribution in [0.3, 0.4) is 0 Å². The van der Waals surface area contributed by atoms with Gasteiger partial charge in [-0.2, -0.15) is 0 Å². The predicted octanol–water partition coefficient (Wildman–Crippen LogP) is 3.07. The molecule has 0 aliphatic carbocycles. The molecule has 4 nitrogen and oxygen atoms in total. The van der Waals surface area contributed by atoms with E-state index in [2.05, 4.69) is 4.98 Å². The third-order valence-electron chi connectivity index (χ3n) is 2.54. The summed E-state index contributed by atoms with van der Waals surface area (Å²) in [6.07, 6.45) is 0. The van der Waals surface area contributed by atoms with Gasteiger partial charge >= 0.3 is 0 Å². The number of hydrogen-bond acceptors (Lipinski definition) is 5. The summed E-state index contributed by atoms with van der Waals surface area (Å²) in [4.78, 5) is 22.2. The van der Waals surface area contributed by atoms with Crippen LogP contribution < -0.4 is 0 Å². The Morgan fingerprint density at radius 3 is 2.95 bits per heavy atom. The van der Waals surface area contributed by atoms with Gasteiger partial charge in [0.15, 0.2) is 0 Å². The average molecular weight is 294 g/mol. The zero-order chi connectivity index (χ0) is 13.7. The van der Waals surface area contributed by atoms with Crippen LogP contribution in [0.1, 0.15) is 16.1 Å². The topological polar surface area (TPSA) is 42.4 Å². The molecule has 0 fully saturated rings. The van der Waals surface area contributed by atoms with E-state index in [-0.39, 0.29) is 5.91 Å². The van der Waals surface area contributed by atoms with E-state index in [4.69, 9.17) is 4.84 Å². The molecule has 0 bridgehead atoms. The molecule has 1 aromatic heterocycles. The number of carbonyl (C=O) groups excluding carboxylic acids is 1. The van der Waals surface area contributed by atoms with Crippen LogP contribution in [-0.4, -0.2) is 30.1 Å². The quantitative estimate of drug-likeness (QED) is 0.628. The van der Waals surface area contributed by atoms with Crippen LogP contribution in [0.25, 0.3) is 0 Å². The van der Waals surface area contributed by atoms with Crippen LogP contribution >= 0.6 is 23.1 Å². The van der Waals surface area contributed by atoms with E-state index in [1.807, 2.05) is 29.1 Å². The molecular formula is C13H14N2O2S2. The molecule has 0 aliphatic heterocycles. The third-order valence-corrected chi connectivity index (χ3v) is 4.28. The van der Waals surface area contributed by atoms with Crippen molar-refractivity contribution in [3.8, 4) is 0 Å². The van der Waals surface area contributed by atoms with E-state index in [1.165, 1.54) is 12.2 Å². The summed E-state index contributed by atoms with van der Waals surface area (Å²) in [6, 6.07) is 7.52. The molecule has 0 saturated carbocycles. The SMILES string of the molecule is CON(C)C(=O)c1ccccc1SCc1cscn1. The van der Waals surface area contributed by atoms with Crippen LogP contribution in [-0.2, 0) is 10.6 Å². The maximum atomic E-state index is 12.1. The van der Waals surface area contributed by atoms with E-state index >= 15 is 0 Å². The highest BCUT2D eigenvalue weighted by Gasteiger charge is 2.15. The summed E-state index contributed by atoms with van der Waals surface area (Å²) < 4.78 is 0. The Hall–Kier alpha value is -1.37. The summed E-state index contributed by atoms with van der Waals surface area (Å²) in [5.74, 6) is 0.605. The van der Waals surface area contributed by atoms with Gasteiger partial charge in [0.2, 0.25) is 0 Å². The van der Waals surface area contributed by atoms with Crippen LogP contribution in [0.15, 0.2) is 40.1 Å². The lowest BCUT2D eigenvalue weighted by Crippen LogP contribution is -2.25. The van der Waals surface area contributed by atoms with Gasteiger partial charge in [-0.3, -0.25) is 9.63 Å². The molecule has 6 heteroatoms. The number of thiazole rings is 1. The van der Waals surface area contributed by atoms with Crippen molar-refractivity contribution >= 4 is 29.0 Å². The number of aromatic nitrogens is 1. The fraction of sp³-hybridized carbons (Fsp3) is 0.231. The van der Waals surface area contributed by atoms with Crippen molar-refractivity contribution in [1.82, 2.24) is 10.0 Å². The predicted molar refractivity (Wildman–Crippen MR) is 77.2 cm³/mol. The van der Waals surface area contributed by atoms with Crippen molar-refractivity contribution in [1.29, 1.82) is 0 Å². The minimum absolute atomic E-state index is 0.149. The second-order valence-corrected chi connectivity index (χ2v) is 5.49. The zero-order valence-corrected chi connectivity index (χ0v) is 12.3. The van der Waals surface area contributed by atoms with Crippen molar-refractivity contribution in [2.75, 3.05) is 14.2 Å². The van der Waals surface area contributed by atoms with Gasteiger partial charge in [0, 0.05) is 23.1 Å². The third kappa shape index (κ3) is 3.56. The van der Waals surface area contributed by atoms with Gasteiger partial charge in [0.25, 0.3) is 5.91 Å². The lowest BCUT2D eigenvalue weighted by Gasteiger charge is -2.15. The van der Waals surface area contributed by atoms with Gasteiger partial charge in [-0.1, -0.05) is 12.1 Å². The number of nitrogens with zero attached hydrogens (tertiary/aromatic N) is 2. The highest BCUT2D eigenvalue weighted by atomic mass is 32.2. The Balaban J connectivity index is 2.14. The average Bonchev–Trinajstić information content (AvgIpc) is 2.97. The van der Waals surface area contributed by atoms with Crippen molar-refractivity contribution in [3.05, 3.63) is 46.4 Å². The first-order chi connectivity index (χ1) is 9.22. The molecule has 0 spiro atoms. The molecule has 2 rings (SSSR count). The highest BCUT2D eigenvalue weighted by molar-refractivity contribution is 7.98. The Kier molecular flexibility index (Phi) is 4.95. The molecule has 0 radical (unpaired) electrons. The van der Waals surface area contributed by atoms with Crippen LogP contribution in [0, 0.1) is 0 Å². The van der Waals surface area contributed by atoms with E-state index in [1.54, 1.807) is 36.2 Å². The highest BCUT2D eigenvalue weighted by Crippen LogP contribution is 2.26. The standard InChI is InChI=1S/C13H14N2O2S2/c1-15(17-2)13(16)11-5-3-4-6-12(11)19-8-10-7-18-9-14-10/h3-7,9H,8H2,1-2H3. The molecule has 1 aromatic carbocycles. The summed E-state index contributed by atoms with van der Waals surface area (Å²) in [5, 5.41) is 3.24. The number of hydrogen-bond donors (Lipinski definition) is 0. The maximum absolute atomic E-state index is 12.1. The summed E-state index contributed by atoms with van der Waals surface area (Å²) in [6.45, 7) is 0. The van der Waals surface area contributed by atoms with E-state index < -0.39 is 0 Å². The molecule has 2 aromatic rings. The van der Waals surface area contributed by atoms with Crippen molar-refractivity contribution < 1.29 is 9.63 Å². The minimum Gasteiger partial charge on any atom is -0.274 e. The van der Waals surface area contributed by atoms with E-state index in [0.29, 0.717) is 5.56 Å². The second-order valence-electron chi connectivity index (χ2n) is 3.75. The van der Waals surface area contributed by atoms with Crippen LogP contribution in [0.5, 0.6) is 0 Å². The molecular weight excluding hydrogens is 280 g/mol. The molecule has 1 heterocycles. The van der Waals surface area contributed by atoms with Crippen molar-refractivity contribution in [3.63, 3.8) is 0 Å². The second kappa shape index (κ2) is 6.70. The van der Waals surface area contributed by atoms with Gasteiger partial charge in [0.05, 0.1) is 23.9 Å². The van der Waals surface area contributed by atoms with Gasteiger partial charge in [-0.25, -0.2) is 10.0 Å². The lowest BCUT2D eigenvalue weighted by molar-refractivity contribution is -0.0759. The van der Waals surface area contributed by atoms with Gasteiger partial charge in [-0.05, 0) is 12.1 Å². The van der Waals surface area contributed by atoms with Crippen molar-refractivity contribution in [2.24, 2.45) is 0 Å². The summed E-state index contributed by atoms with van der Waals surface area (Å²) >= 11 is 3.18. The fourth-order valence-corrected chi connectivity index (χ4v) is 3.09. The van der Waals surface area contributed by atoms with Crippen molar-refractivity contribution in [2.45, 2.75) is 10.6 Å². The van der Waals surface area contributed by atoms with Gasteiger partial charge in [-0.15, -0.1) is 23.1 Å². The Morgan fingerprint density at radius 2 is 2.26 bits per heavy atom. The maximum Gasteiger partial charge on any atom is 0.278 e. The molecule has 1 amide bonds. The Labute approximate surface area is 120 Å². The molecule has 100 valence electrons. The Bertz CT molecular complexity index is 543. The zero-order valence-electron chi connectivity index (χ0n) is 10.7. The number of benzene rings is 1. The Morgan fingerprint density at radius 1 is 1.47 bits per heavy atom. The minimum atomic E-state index is -0.149. The largest absolute Gasteiger partial charge is 0.278 e. The first-order valence-corrected chi connectivity index (χ1v) is 7.56. The summed E-state index contributed by atoms with van der Waals surface area (Å²) in [7, 11) is 3.08. The van der Waals surface area contributed by atoms with E-state index in [9.17, 15) is 4.79 Å². The molecule has 0 aliphatic rings. The van der Waals surface area contributed by atoms with Gasteiger partial charge < -0.3 is 0 Å². The number of rotatable bonds is 5. The first kappa shape index (κ1) is 14.0. The summed E-state index contributed by atoms with van der Waals surface area (Å²) in [5.41, 5.74) is 3.48. The molecule has 19 heavy (non-hydrogen) atoms. The molecule has 0 unspecified atom stereocenters.